The van der Waals surface area contributed by atoms with Crippen LogP contribution in [0.1, 0.15) is 29.3 Å². The molecular weight excluding hydrogens is 345 g/mol. The molecule has 0 aliphatic heterocycles. The standard InChI is InChI=1S/C18H23N3O.2ClH/c1-4-11-21(3)16-9-6-14(7-10-16)18(22)20-17-12-15(19)8-5-13(17)2;;/h5-10,12H,4,11,19H2,1-3H3,(H,20,22);2*1H. The summed E-state index contributed by atoms with van der Waals surface area (Å²) in [6.07, 6.45) is 1.09. The normalized spacial score (nSPS) is 9.46. The summed E-state index contributed by atoms with van der Waals surface area (Å²) in [4.78, 5) is 14.5. The number of hydrogen-bond donors (Lipinski definition) is 2. The zero-order valence-corrected chi connectivity index (χ0v) is 15.8. The second-order valence-corrected chi connectivity index (χ2v) is 5.50. The maximum Gasteiger partial charge on any atom is 0.255 e. The molecule has 0 aromatic heterocycles. The van der Waals surface area contributed by atoms with Gasteiger partial charge >= 0.3 is 0 Å². The fraction of sp³-hybridized carbons (Fsp3) is 0.278. The number of amides is 1. The Bertz CT molecular complexity index is 660. The minimum absolute atomic E-state index is 0. The van der Waals surface area contributed by atoms with Crippen LogP contribution in [-0.2, 0) is 0 Å². The summed E-state index contributed by atoms with van der Waals surface area (Å²) in [5.41, 5.74) is 9.88. The van der Waals surface area contributed by atoms with Gasteiger partial charge in [0.1, 0.15) is 0 Å². The highest BCUT2D eigenvalue weighted by Gasteiger charge is 2.09. The largest absolute Gasteiger partial charge is 0.399 e. The third kappa shape index (κ3) is 5.62. The van der Waals surface area contributed by atoms with Gasteiger partial charge in [-0.25, -0.2) is 0 Å². The van der Waals surface area contributed by atoms with E-state index in [4.69, 9.17) is 5.73 Å². The van der Waals surface area contributed by atoms with E-state index in [2.05, 4.69) is 24.2 Å². The van der Waals surface area contributed by atoms with E-state index in [0.717, 1.165) is 29.9 Å². The van der Waals surface area contributed by atoms with Gasteiger partial charge in [0.05, 0.1) is 0 Å². The van der Waals surface area contributed by atoms with Crippen LogP contribution >= 0.6 is 24.8 Å². The molecule has 1 amide bonds. The zero-order chi connectivity index (χ0) is 16.1. The van der Waals surface area contributed by atoms with Gasteiger partial charge in [-0.3, -0.25) is 4.79 Å². The van der Waals surface area contributed by atoms with Crippen LogP contribution in [0, 0.1) is 6.92 Å². The van der Waals surface area contributed by atoms with Crippen LogP contribution in [-0.4, -0.2) is 19.5 Å². The fourth-order valence-electron chi connectivity index (χ4n) is 2.30. The van der Waals surface area contributed by atoms with Gasteiger partial charge in [-0.2, -0.15) is 0 Å². The summed E-state index contributed by atoms with van der Waals surface area (Å²) in [6, 6.07) is 13.1. The number of nitrogens with zero attached hydrogens (tertiary/aromatic N) is 1. The predicted molar refractivity (Wildman–Crippen MR) is 108 cm³/mol. The summed E-state index contributed by atoms with van der Waals surface area (Å²) in [7, 11) is 2.05. The lowest BCUT2D eigenvalue weighted by Crippen LogP contribution is -2.18. The van der Waals surface area contributed by atoms with E-state index >= 15 is 0 Å². The Labute approximate surface area is 156 Å². The van der Waals surface area contributed by atoms with E-state index in [1.54, 1.807) is 6.07 Å². The minimum atomic E-state index is -0.126. The number of anilines is 3. The first-order valence-corrected chi connectivity index (χ1v) is 7.50. The predicted octanol–water partition coefficient (Wildman–Crippen LogP) is 4.52. The number of nitrogen functional groups attached to an aromatic ring is 1. The van der Waals surface area contributed by atoms with Crippen LogP contribution in [0.2, 0.25) is 0 Å². The molecule has 4 nitrogen and oxygen atoms in total. The summed E-state index contributed by atoms with van der Waals surface area (Å²) >= 11 is 0. The molecule has 0 atom stereocenters. The Morgan fingerprint density at radius 3 is 2.33 bits per heavy atom. The zero-order valence-electron chi connectivity index (χ0n) is 14.2. The number of carbonyl (C=O) groups excluding carboxylic acids is 1. The van der Waals surface area contributed by atoms with Crippen molar-refractivity contribution in [1.82, 2.24) is 0 Å². The van der Waals surface area contributed by atoms with Gasteiger partial charge in [0.25, 0.3) is 5.91 Å². The quantitative estimate of drug-likeness (QED) is 0.761. The molecule has 0 aliphatic carbocycles. The molecule has 0 unspecified atom stereocenters. The highest BCUT2D eigenvalue weighted by Crippen LogP contribution is 2.20. The summed E-state index contributed by atoms with van der Waals surface area (Å²) < 4.78 is 0. The van der Waals surface area contributed by atoms with Crippen LogP contribution in [0.25, 0.3) is 0 Å². The average Bonchev–Trinajstić information content (AvgIpc) is 2.51. The van der Waals surface area contributed by atoms with Crippen LogP contribution in [0.5, 0.6) is 0 Å². The maximum absolute atomic E-state index is 12.3. The van der Waals surface area contributed by atoms with Crippen molar-refractivity contribution in [3.63, 3.8) is 0 Å². The highest BCUT2D eigenvalue weighted by molar-refractivity contribution is 6.05. The molecule has 0 radical (unpaired) electrons. The topological polar surface area (TPSA) is 58.4 Å². The fourth-order valence-corrected chi connectivity index (χ4v) is 2.30. The number of carbonyl (C=O) groups is 1. The number of rotatable bonds is 5. The number of hydrogen-bond acceptors (Lipinski definition) is 3. The smallest absolute Gasteiger partial charge is 0.255 e. The van der Waals surface area contributed by atoms with Gasteiger partial charge in [0, 0.05) is 36.2 Å². The lowest BCUT2D eigenvalue weighted by atomic mass is 10.1. The monoisotopic (exact) mass is 369 g/mol. The molecule has 2 rings (SSSR count). The first-order valence-electron chi connectivity index (χ1n) is 7.50. The molecular formula is C18H25Cl2N3O. The van der Waals surface area contributed by atoms with E-state index in [0.29, 0.717) is 11.3 Å². The van der Waals surface area contributed by atoms with Gasteiger partial charge in [0.2, 0.25) is 0 Å². The van der Waals surface area contributed by atoms with Crippen LogP contribution in [0.15, 0.2) is 42.5 Å². The molecule has 2 aromatic rings. The lowest BCUT2D eigenvalue weighted by molar-refractivity contribution is 0.102. The van der Waals surface area contributed by atoms with Crippen molar-refractivity contribution in [3.8, 4) is 0 Å². The Hall–Kier alpha value is -1.91. The van der Waals surface area contributed by atoms with Crippen LogP contribution in [0.4, 0.5) is 17.1 Å². The molecule has 0 bridgehead atoms. The van der Waals surface area contributed by atoms with Crippen molar-refractivity contribution in [2.45, 2.75) is 20.3 Å². The van der Waals surface area contributed by atoms with Crippen LogP contribution in [0.3, 0.4) is 0 Å². The molecule has 0 fully saturated rings. The number of halogens is 2. The SMILES string of the molecule is CCCN(C)c1ccc(C(=O)Nc2cc(N)ccc2C)cc1.Cl.Cl. The molecule has 132 valence electrons. The van der Waals surface area contributed by atoms with Crippen molar-refractivity contribution < 1.29 is 4.79 Å². The summed E-state index contributed by atoms with van der Waals surface area (Å²) in [5, 5.41) is 2.91. The Morgan fingerprint density at radius 2 is 1.75 bits per heavy atom. The van der Waals surface area contributed by atoms with Crippen LogP contribution < -0.4 is 16.0 Å². The molecule has 0 spiro atoms. The van der Waals surface area contributed by atoms with Crippen molar-refractivity contribution in [3.05, 3.63) is 53.6 Å². The van der Waals surface area contributed by atoms with Crippen molar-refractivity contribution in [1.29, 1.82) is 0 Å². The molecule has 0 saturated carbocycles. The van der Waals surface area contributed by atoms with Crippen molar-refractivity contribution in [2.24, 2.45) is 0 Å². The summed E-state index contributed by atoms with van der Waals surface area (Å²) in [6.45, 7) is 5.08. The second kappa shape index (κ2) is 10.1. The van der Waals surface area contributed by atoms with Gasteiger partial charge in [0.15, 0.2) is 0 Å². The minimum Gasteiger partial charge on any atom is -0.399 e. The molecule has 6 heteroatoms. The van der Waals surface area contributed by atoms with E-state index in [-0.39, 0.29) is 30.7 Å². The Morgan fingerprint density at radius 1 is 1.12 bits per heavy atom. The first kappa shape index (κ1) is 22.1. The lowest BCUT2D eigenvalue weighted by Gasteiger charge is -2.18. The van der Waals surface area contributed by atoms with Gasteiger partial charge in [-0.1, -0.05) is 13.0 Å². The third-order valence-electron chi connectivity index (χ3n) is 3.64. The average molecular weight is 370 g/mol. The molecule has 3 N–H and O–H groups in total. The van der Waals surface area contributed by atoms with E-state index < -0.39 is 0 Å². The maximum atomic E-state index is 12.3. The van der Waals surface area contributed by atoms with Gasteiger partial charge in [-0.05, 0) is 55.3 Å². The van der Waals surface area contributed by atoms with Crippen molar-refractivity contribution >= 4 is 47.8 Å². The van der Waals surface area contributed by atoms with Crippen molar-refractivity contribution in [2.75, 3.05) is 29.5 Å². The number of nitrogens with one attached hydrogen (secondary N) is 1. The van der Waals surface area contributed by atoms with E-state index in [1.165, 1.54) is 0 Å². The number of aryl methyl sites for hydroxylation is 1. The molecule has 0 aliphatic rings. The third-order valence-corrected chi connectivity index (χ3v) is 3.64. The Kier molecular flexibility index (Phi) is 9.26. The molecule has 24 heavy (non-hydrogen) atoms. The number of benzene rings is 2. The molecule has 2 aromatic carbocycles. The van der Waals surface area contributed by atoms with Gasteiger partial charge < -0.3 is 16.0 Å². The molecule has 0 saturated heterocycles. The van der Waals surface area contributed by atoms with E-state index in [9.17, 15) is 4.79 Å². The first-order chi connectivity index (χ1) is 10.5. The number of nitrogens with two attached hydrogens (primary N) is 1. The highest BCUT2D eigenvalue weighted by atomic mass is 35.5. The van der Waals surface area contributed by atoms with Gasteiger partial charge in [-0.15, -0.1) is 24.8 Å². The summed E-state index contributed by atoms with van der Waals surface area (Å²) in [5.74, 6) is -0.126. The van der Waals surface area contributed by atoms with E-state index in [1.807, 2.05) is 43.3 Å². The second-order valence-electron chi connectivity index (χ2n) is 5.50. The molecule has 0 heterocycles. The Balaban J connectivity index is 0.00000264.